The number of ether oxygens (including phenoxy) is 2. The minimum atomic E-state index is 0.300. The van der Waals surface area contributed by atoms with E-state index in [1.165, 1.54) is 5.56 Å². The van der Waals surface area contributed by atoms with Gasteiger partial charge >= 0.3 is 0 Å². The molecule has 0 fully saturated rings. The van der Waals surface area contributed by atoms with Gasteiger partial charge in [-0.2, -0.15) is 0 Å². The number of nitrogens with zero attached hydrogens (tertiary/aromatic N) is 1. The van der Waals surface area contributed by atoms with Crippen molar-refractivity contribution in [2.45, 2.75) is 32.4 Å². The molecule has 2 unspecified atom stereocenters. The minimum Gasteiger partial charge on any atom is -0.454 e. The van der Waals surface area contributed by atoms with Crippen molar-refractivity contribution in [2.75, 3.05) is 27.4 Å². The summed E-state index contributed by atoms with van der Waals surface area (Å²) in [5.74, 6) is 1.69. The van der Waals surface area contributed by atoms with Crippen molar-refractivity contribution in [3.63, 3.8) is 0 Å². The minimum absolute atomic E-state index is 0.300. The summed E-state index contributed by atoms with van der Waals surface area (Å²) >= 11 is 0. The Morgan fingerprint density at radius 3 is 2.74 bits per heavy atom. The van der Waals surface area contributed by atoms with Crippen molar-refractivity contribution in [2.24, 2.45) is 0 Å². The molecule has 1 aromatic rings. The summed E-state index contributed by atoms with van der Waals surface area (Å²) in [6.07, 6.45) is 1.16. The Morgan fingerprint density at radius 2 is 2.05 bits per heavy atom. The molecule has 0 radical (unpaired) electrons. The largest absolute Gasteiger partial charge is 0.454 e. The third kappa shape index (κ3) is 3.19. The zero-order chi connectivity index (χ0) is 13.8. The molecule has 0 bridgehead atoms. The quantitative estimate of drug-likeness (QED) is 0.855. The monoisotopic (exact) mass is 264 g/mol. The second-order valence-electron chi connectivity index (χ2n) is 5.15. The fraction of sp³-hybridized carbons (Fsp3) is 0.600. The van der Waals surface area contributed by atoms with Crippen LogP contribution in [0.4, 0.5) is 0 Å². The summed E-state index contributed by atoms with van der Waals surface area (Å²) in [5.41, 5.74) is 1.24. The molecule has 0 amide bonds. The van der Waals surface area contributed by atoms with Crippen molar-refractivity contribution in [3.05, 3.63) is 23.8 Å². The Morgan fingerprint density at radius 1 is 1.32 bits per heavy atom. The maximum atomic E-state index is 5.44. The second kappa shape index (κ2) is 6.26. The molecule has 0 spiro atoms. The molecule has 4 nitrogen and oxygen atoms in total. The highest BCUT2D eigenvalue weighted by molar-refractivity contribution is 5.45. The number of fused-ring (bicyclic) bond motifs is 1. The van der Waals surface area contributed by atoms with Gasteiger partial charge in [0.2, 0.25) is 6.79 Å². The Bertz CT molecular complexity index is 423. The van der Waals surface area contributed by atoms with Crippen molar-refractivity contribution in [3.8, 4) is 11.5 Å². The zero-order valence-corrected chi connectivity index (χ0v) is 12.3. The Kier molecular flexibility index (Phi) is 4.66. The highest BCUT2D eigenvalue weighted by Gasteiger charge is 2.19. The fourth-order valence-electron chi connectivity index (χ4n) is 2.27. The van der Waals surface area contributed by atoms with Crippen LogP contribution in [0.5, 0.6) is 11.5 Å². The summed E-state index contributed by atoms with van der Waals surface area (Å²) in [6, 6.07) is 7.07. The van der Waals surface area contributed by atoms with Gasteiger partial charge in [-0.3, -0.25) is 0 Å². The SMILES string of the molecule is CCC(C)N(C)CC(NC)c1ccc2c(c1)OCO2. The molecular weight excluding hydrogens is 240 g/mol. The highest BCUT2D eigenvalue weighted by atomic mass is 16.7. The average molecular weight is 264 g/mol. The summed E-state index contributed by atoms with van der Waals surface area (Å²) in [4.78, 5) is 2.38. The lowest BCUT2D eigenvalue weighted by Gasteiger charge is -2.28. The van der Waals surface area contributed by atoms with Gasteiger partial charge in [-0.1, -0.05) is 13.0 Å². The summed E-state index contributed by atoms with van der Waals surface area (Å²) < 4.78 is 10.8. The zero-order valence-electron chi connectivity index (χ0n) is 12.3. The molecule has 1 N–H and O–H groups in total. The first-order valence-corrected chi connectivity index (χ1v) is 6.92. The summed E-state index contributed by atoms with van der Waals surface area (Å²) in [6.45, 7) is 5.78. The van der Waals surface area contributed by atoms with E-state index < -0.39 is 0 Å². The molecule has 106 valence electrons. The highest BCUT2D eigenvalue weighted by Crippen LogP contribution is 2.34. The van der Waals surface area contributed by atoms with Crippen LogP contribution in [0.2, 0.25) is 0 Å². The van der Waals surface area contributed by atoms with Crippen molar-refractivity contribution < 1.29 is 9.47 Å². The van der Waals surface area contributed by atoms with E-state index in [1.807, 2.05) is 13.1 Å². The number of nitrogens with one attached hydrogen (secondary N) is 1. The predicted octanol–water partition coefficient (Wildman–Crippen LogP) is 2.41. The molecule has 1 heterocycles. The lowest BCUT2D eigenvalue weighted by molar-refractivity contribution is 0.174. The first-order chi connectivity index (χ1) is 9.15. The molecular formula is C15H24N2O2. The number of hydrogen-bond donors (Lipinski definition) is 1. The van der Waals surface area contributed by atoms with Gasteiger partial charge in [0.1, 0.15) is 0 Å². The number of rotatable bonds is 6. The molecule has 0 aromatic heterocycles. The molecule has 2 rings (SSSR count). The van der Waals surface area contributed by atoms with E-state index in [4.69, 9.17) is 9.47 Å². The van der Waals surface area contributed by atoms with Gasteiger partial charge in [-0.15, -0.1) is 0 Å². The maximum Gasteiger partial charge on any atom is 0.231 e. The van der Waals surface area contributed by atoms with Crippen molar-refractivity contribution >= 4 is 0 Å². The molecule has 0 saturated carbocycles. The number of hydrogen-bond acceptors (Lipinski definition) is 4. The first-order valence-electron chi connectivity index (χ1n) is 6.92. The van der Waals surface area contributed by atoms with Gasteiger partial charge in [-0.25, -0.2) is 0 Å². The molecule has 4 heteroatoms. The topological polar surface area (TPSA) is 33.7 Å². The van der Waals surface area contributed by atoms with Gasteiger partial charge in [0, 0.05) is 18.6 Å². The van der Waals surface area contributed by atoms with Crippen LogP contribution in [-0.2, 0) is 0 Å². The fourth-order valence-corrected chi connectivity index (χ4v) is 2.27. The van der Waals surface area contributed by atoms with E-state index in [1.54, 1.807) is 0 Å². The van der Waals surface area contributed by atoms with Gasteiger partial charge in [0.15, 0.2) is 11.5 Å². The molecule has 19 heavy (non-hydrogen) atoms. The first kappa shape index (κ1) is 14.2. The van der Waals surface area contributed by atoms with E-state index in [9.17, 15) is 0 Å². The molecule has 1 aromatic carbocycles. The second-order valence-corrected chi connectivity index (χ2v) is 5.15. The van der Waals surface area contributed by atoms with Crippen LogP contribution in [0.1, 0.15) is 31.9 Å². The Hall–Kier alpha value is -1.26. The van der Waals surface area contributed by atoms with Gasteiger partial charge < -0.3 is 19.7 Å². The Balaban J connectivity index is 2.09. The third-order valence-electron chi connectivity index (χ3n) is 3.96. The van der Waals surface area contributed by atoms with Crippen LogP contribution < -0.4 is 14.8 Å². The molecule has 1 aliphatic rings. The summed E-state index contributed by atoms with van der Waals surface area (Å²) in [5, 5.41) is 3.38. The van der Waals surface area contributed by atoms with Gasteiger partial charge in [0.05, 0.1) is 0 Å². The van der Waals surface area contributed by atoms with E-state index in [0.29, 0.717) is 18.9 Å². The number of likely N-dealkylation sites (N-methyl/N-ethyl adjacent to an activating group) is 2. The molecule has 2 atom stereocenters. The van der Waals surface area contributed by atoms with Crippen LogP contribution in [0.3, 0.4) is 0 Å². The third-order valence-corrected chi connectivity index (χ3v) is 3.96. The van der Waals surface area contributed by atoms with E-state index in [2.05, 4.69) is 43.2 Å². The van der Waals surface area contributed by atoms with E-state index in [0.717, 1.165) is 24.5 Å². The predicted molar refractivity (Wildman–Crippen MR) is 76.7 cm³/mol. The van der Waals surface area contributed by atoms with Crippen LogP contribution in [0, 0.1) is 0 Å². The van der Waals surface area contributed by atoms with Crippen LogP contribution >= 0.6 is 0 Å². The standard InChI is InChI=1S/C15H24N2O2/c1-5-11(2)17(4)9-13(16-3)12-6-7-14-15(8-12)19-10-18-14/h6-8,11,13,16H,5,9-10H2,1-4H3. The average Bonchev–Trinajstić information content (AvgIpc) is 2.90. The van der Waals surface area contributed by atoms with Crippen molar-refractivity contribution in [1.82, 2.24) is 10.2 Å². The maximum absolute atomic E-state index is 5.44. The normalized spacial score (nSPS) is 16.7. The number of benzene rings is 1. The molecule has 1 aliphatic heterocycles. The lowest BCUT2D eigenvalue weighted by atomic mass is 10.0. The van der Waals surface area contributed by atoms with Gasteiger partial charge in [0.25, 0.3) is 0 Å². The Labute approximate surface area is 115 Å². The van der Waals surface area contributed by atoms with Gasteiger partial charge in [-0.05, 0) is 45.1 Å². The van der Waals surface area contributed by atoms with Crippen LogP contribution in [-0.4, -0.2) is 38.4 Å². The van der Waals surface area contributed by atoms with E-state index in [-0.39, 0.29) is 0 Å². The molecule has 0 saturated heterocycles. The summed E-state index contributed by atoms with van der Waals surface area (Å²) in [7, 11) is 4.17. The lowest BCUT2D eigenvalue weighted by Crippen LogP contribution is -2.36. The molecule has 0 aliphatic carbocycles. The van der Waals surface area contributed by atoms with Crippen LogP contribution in [0.15, 0.2) is 18.2 Å². The van der Waals surface area contributed by atoms with Crippen LogP contribution in [0.25, 0.3) is 0 Å². The van der Waals surface area contributed by atoms with Crippen molar-refractivity contribution in [1.29, 1.82) is 0 Å². The van der Waals surface area contributed by atoms with E-state index >= 15 is 0 Å². The smallest absolute Gasteiger partial charge is 0.231 e.